The highest BCUT2D eigenvalue weighted by molar-refractivity contribution is 7.53. The van der Waals surface area contributed by atoms with Crippen LogP contribution >= 0.6 is 7.60 Å². The second kappa shape index (κ2) is 5.82. The summed E-state index contributed by atoms with van der Waals surface area (Å²) >= 11 is 0. The van der Waals surface area contributed by atoms with Crippen LogP contribution in [0.5, 0.6) is 5.75 Å². The van der Waals surface area contributed by atoms with Crippen LogP contribution in [-0.4, -0.2) is 28.2 Å². The van der Waals surface area contributed by atoms with Crippen LogP contribution < -0.4 is 10.3 Å². The molecule has 17 heavy (non-hydrogen) atoms. The Morgan fingerprint density at radius 3 is 2.53 bits per heavy atom. The molecule has 2 unspecified atom stereocenters. The van der Waals surface area contributed by atoms with Gasteiger partial charge in [-0.25, -0.2) is 4.57 Å². The first-order valence-electron chi connectivity index (χ1n) is 4.95. The van der Waals surface area contributed by atoms with Crippen LogP contribution in [0.1, 0.15) is 6.42 Å². The quantitative estimate of drug-likeness (QED) is 0.659. The van der Waals surface area contributed by atoms with E-state index in [1.54, 1.807) is 30.3 Å². The molecule has 0 fully saturated rings. The molecule has 0 aliphatic carbocycles. The maximum absolute atomic E-state index is 11.6. The zero-order valence-electron chi connectivity index (χ0n) is 9.02. The van der Waals surface area contributed by atoms with Crippen molar-refractivity contribution in [2.24, 2.45) is 5.73 Å². The van der Waals surface area contributed by atoms with Gasteiger partial charge in [0.15, 0.2) is 0 Å². The molecule has 1 aromatic carbocycles. The second-order valence-electron chi connectivity index (χ2n) is 3.50. The van der Waals surface area contributed by atoms with E-state index in [2.05, 4.69) is 0 Å². The Hall–Kier alpha value is -1.36. The average Bonchev–Trinajstić information content (AvgIpc) is 2.26. The molecule has 0 aliphatic heterocycles. The standard InChI is InChI=1S/C10H14NO5P/c11-9(10(12)13)6-7-17(14,15)16-8-4-2-1-3-5-8/h1-5,9H,6-7,11H2,(H,12,13)(H,14,15). The molecule has 6 nitrogen and oxygen atoms in total. The highest BCUT2D eigenvalue weighted by atomic mass is 31.2. The van der Waals surface area contributed by atoms with Gasteiger partial charge in [0, 0.05) is 0 Å². The molecule has 0 aliphatic rings. The monoisotopic (exact) mass is 259 g/mol. The lowest BCUT2D eigenvalue weighted by atomic mass is 10.2. The SMILES string of the molecule is NC(CCP(=O)(O)Oc1ccccc1)C(=O)O. The van der Waals surface area contributed by atoms with Gasteiger partial charge in [-0.15, -0.1) is 0 Å². The van der Waals surface area contributed by atoms with Gasteiger partial charge in [0.2, 0.25) is 0 Å². The molecular formula is C10H14NO5P. The summed E-state index contributed by atoms with van der Waals surface area (Å²) in [5.74, 6) is -0.938. The molecule has 94 valence electrons. The van der Waals surface area contributed by atoms with Gasteiger partial charge in [-0.05, 0) is 18.6 Å². The number of rotatable bonds is 6. The Labute approximate surface area is 98.6 Å². The predicted octanol–water partition coefficient (Wildman–Crippen LogP) is 1.05. The number of carbonyl (C=O) groups is 1. The first-order chi connectivity index (χ1) is 7.91. The molecular weight excluding hydrogens is 245 g/mol. The summed E-state index contributed by atoms with van der Waals surface area (Å²) in [6, 6.07) is 7.00. The van der Waals surface area contributed by atoms with Crippen molar-refractivity contribution in [2.45, 2.75) is 12.5 Å². The molecule has 0 amide bonds. The first-order valence-corrected chi connectivity index (χ1v) is 6.72. The minimum absolute atomic E-state index is 0.115. The zero-order chi connectivity index (χ0) is 12.9. The minimum atomic E-state index is -3.85. The van der Waals surface area contributed by atoms with Crippen molar-refractivity contribution in [3.63, 3.8) is 0 Å². The van der Waals surface area contributed by atoms with Gasteiger partial charge in [-0.3, -0.25) is 4.79 Å². The minimum Gasteiger partial charge on any atom is -0.480 e. The molecule has 0 heterocycles. The third kappa shape index (κ3) is 4.99. The van der Waals surface area contributed by atoms with Gasteiger partial charge in [-0.2, -0.15) is 0 Å². The van der Waals surface area contributed by atoms with Gasteiger partial charge in [0.25, 0.3) is 0 Å². The molecule has 1 rings (SSSR count). The summed E-state index contributed by atoms with van der Waals surface area (Å²) in [7, 11) is -3.85. The number of hydrogen-bond donors (Lipinski definition) is 3. The molecule has 0 saturated carbocycles. The molecule has 0 aromatic heterocycles. The first kappa shape index (κ1) is 13.7. The normalized spacial score (nSPS) is 15.9. The summed E-state index contributed by atoms with van der Waals surface area (Å²) in [6.45, 7) is 0. The molecule has 0 saturated heterocycles. The van der Waals surface area contributed by atoms with Crippen molar-refractivity contribution in [1.82, 2.24) is 0 Å². The van der Waals surface area contributed by atoms with Crippen molar-refractivity contribution in [1.29, 1.82) is 0 Å². The fourth-order valence-electron chi connectivity index (χ4n) is 1.12. The van der Waals surface area contributed by atoms with Gasteiger partial charge in [0.05, 0.1) is 6.16 Å². The second-order valence-corrected chi connectivity index (χ2v) is 5.40. The summed E-state index contributed by atoms with van der Waals surface area (Å²) in [4.78, 5) is 19.9. The lowest BCUT2D eigenvalue weighted by molar-refractivity contribution is -0.138. The molecule has 0 bridgehead atoms. The Kier molecular flexibility index (Phi) is 4.69. The number of carboxylic acid groups (broad SMARTS) is 1. The molecule has 0 radical (unpaired) electrons. The summed E-state index contributed by atoms with van der Waals surface area (Å²) < 4.78 is 16.5. The van der Waals surface area contributed by atoms with Crippen LogP contribution in [0.25, 0.3) is 0 Å². The van der Waals surface area contributed by atoms with Crippen LogP contribution in [0.15, 0.2) is 30.3 Å². The number of benzene rings is 1. The Morgan fingerprint density at radius 2 is 2.00 bits per heavy atom. The van der Waals surface area contributed by atoms with Crippen LogP contribution in [0.4, 0.5) is 0 Å². The van der Waals surface area contributed by atoms with E-state index >= 15 is 0 Å². The molecule has 1 aromatic rings. The van der Waals surface area contributed by atoms with Crippen molar-refractivity contribution >= 4 is 13.6 Å². The van der Waals surface area contributed by atoms with Crippen molar-refractivity contribution < 1.29 is 23.9 Å². The van der Waals surface area contributed by atoms with Crippen molar-refractivity contribution in [3.8, 4) is 5.75 Å². The average molecular weight is 259 g/mol. The fourth-order valence-corrected chi connectivity index (χ4v) is 2.26. The Morgan fingerprint density at radius 1 is 1.41 bits per heavy atom. The van der Waals surface area contributed by atoms with Crippen molar-refractivity contribution in [2.75, 3.05) is 6.16 Å². The lowest BCUT2D eigenvalue weighted by Gasteiger charge is -2.14. The number of hydrogen-bond acceptors (Lipinski definition) is 4. The number of para-hydroxylation sites is 1. The Balaban J connectivity index is 2.52. The van der Waals surface area contributed by atoms with E-state index in [4.69, 9.17) is 15.4 Å². The van der Waals surface area contributed by atoms with E-state index in [9.17, 15) is 14.3 Å². The molecule has 7 heteroatoms. The van der Waals surface area contributed by atoms with E-state index in [-0.39, 0.29) is 18.3 Å². The largest absolute Gasteiger partial charge is 0.480 e. The van der Waals surface area contributed by atoms with Gasteiger partial charge in [0.1, 0.15) is 11.8 Å². The summed E-state index contributed by atoms with van der Waals surface area (Å²) in [5.41, 5.74) is 5.23. The van der Waals surface area contributed by atoms with Gasteiger partial charge >= 0.3 is 13.6 Å². The van der Waals surface area contributed by atoms with Crippen LogP contribution in [0.3, 0.4) is 0 Å². The Bertz CT molecular complexity index is 422. The smallest absolute Gasteiger partial charge is 0.376 e. The maximum atomic E-state index is 11.6. The maximum Gasteiger partial charge on any atom is 0.376 e. The number of aliphatic carboxylic acids is 1. The van der Waals surface area contributed by atoms with Gasteiger partial charge in [-0.1, -0.05) is 18.2 Å². The molecule has 4 N–H and O–H groups in total. The zero-order valence-corrected chi connectivity index (χ0v) is 9.92. The highest BCUT2D eigenvalue weighted by Crippen LogP contribution is 2.43. The summed E-state index contributed by atoms with van der Waals surface area (Å²) in [5, 5.41) is 8.53. The van der Waals surface area contributed by atoms with E-state index < -0.39 is 19.6 Å². The van der Waals surface area contributed by atoms with E-state index in [1.807, 2.05) is 0 Å². The van der Waals surface area contributed by atoms with Crippen LogP contribution in [0, 0.1) is 0 Å². The van der Waals surface area contributed by atoms with Gasteiger partial charge < -0.3 is 20.3 Å². The fraction of sp³-hybridized carbons (Fsp3) is 0.300. The van der Waals surface area contributed by atoms with Crippen LogP contribution in [0.2, 0.25) is 0 Å². The van der Waals surface area contributed by atoms with E-state index in [0.717, 1.165) is 0 Å². The molecule has 2 atom stereocenters. The van der Waals surface area contributed by atoms with Crippen molar-refractivity contribution in [3.05, 3.63) is 30.3 Å². The highest BCUT2D eigenvalue weighted by Gasteiger charge is 2.24. The lowest BCUT2D eigenvalue weighted by Crippen LogP contribution is -2.31. The van der Waals surface area contributed by atoms with Crippen LogP contribution in [-0.2, 0) is 9.36 Å². The third-order valence-corrected chi connectivity index (χ3v) is 3.35. The summed E-state index contributed by atoms with van der Waals surface area (Å²) in [6.07, 6.45) is -0.411. The number of carboxylic acids is 1. The topological polar surface area (TPSA) is 110 Å². The predicted molar refractivity (Wildman–Crippen MR) is 62.0 cm³/mol. The van der Waals surface area contributed by atoms with E-state index in [1.165, 1.54) is 0 Å². The number of nitrogens with two attached hydrogens (primary N) is 1. The molecule has 0 spiro atoms. The third-order valence-electron chi connectivity index (χ3n) is 2.03. The van der Waals surface area contributed by atoms with E-state index in [0.29, 0.717) is 0 Å².